The molecule has 1 saturated heterocycles. The average Bonchev–Trinajstić information content (AvgIpc) is 2.48. The van der Waals surface area contributed by atoms with Crippen molar-refractivity contribution in [1.82, 2.24) is 10.3 Å². The first-order valence-corrected chi connectivity index (χ1v) is 7.70. The van der Waals surface area contributed by atoms with Gasteiger partial charge in [0, 0.05) is 32.4 Å². The molecule has 2 heterocycles. The van der Waals surface area contributed by atoms with E-state index in [0.717, 1.165) is 37.4 Å². The van der Waals surface area contributed by atoms with Gasteiger partial charge in [0.25, 0.3) is 0 Å². The highest BCUT2D eigenvalue weighted by atomic mass is 35.5. The molecule has 0 aromatic carbocycles. The number of nitrogens with zero attached hydrogens (tertiary/aromatic N) is 2. The summed E-state index contributed by atoms with van der Waals surface area (Å²) >= 11 is 0. The third-order valence-corrected chi connectivity index (χ3v) is 3.79. The van der Waals surface area contributed by atoms with E-state index >= 15 is 0 Å². The van der Waals surface area contributed by atoms with Crippen molar-refractivity contribution in [2.75, 3.05) is 37.7 Å². The number of ether oxygens (including phenoxy) is 1. The van der Waals surface area contributed by atoms with Crippen molar-refractivity contribution in [3.05, 3.63) is 24.0 Å². The van der Waals surface area contributed by atoms with Gasteiger partial charge in [-0.3, -0.25) is 9.78 Å². The minimum absolute atomic E-state index is 0. The minimum Gasteiger partial charge on any atom is -0.466 e. The van der Waals surface area contributed by atoms with Crippen molar-refractivity contribution in [2.45, 2.75) is 26.7 Å². The van der Waals surface area contributed by atoms with Crippen molar-refractivity contribution in [3.8, 4) is 0 Å². The van der Waals surface area contributed by atoms with Crippen LogP contribution < -0.4 is 10.2 Å². The zero-order valence-corrected chi connectivity index (χ0v) is 14.4. The Labute approximate surface area is 138 Å². The van der Waals surface area contributed by atoms with Gasteiger partial charge in [-0.2, -0.15) is 0 Å². The summed E-state index contributed by atoms with van der Waals surface area (Å²) in [6.45, 7) is 10.2. The van der Waals surface area contributed by atoms with Gasteiger partial charge in [0.05, 0.1) is 24.4 Å². The standard InChI is InChI=1S/C16H25N3O2.ClH/c1-4-21-16(20)15(12(2)3)13-9-14(11-18-10-13)19-7-5-17-6-8-19;/h9-12,15,17H,4-8H2,1-3H3;1H. The molecule has 1 aromatic heterocycles. The summed E-state index contributed by atoms with van der Waals surface area (Å²) in [5, 5.41) is 3.34. The summed E-state index contributed by atoms with van der Waals surface area (Å²) < 4.78 is 5.21. The molecule has 1 aromatic rings. The maximum atomic E-state index is 12.2. The number of aromatic nitrogens is 1. The van der Waals surface area contributed by atoms with E-state index in [4.69, 9.17) is 4.74 Å². The van der Waals surface area contributed by atoms with E-state index in [1.54, 1.807) is 6.20 Å². The van der Waals surface area contributed by atoms with E-state index in [9.17, 15) is 4.79 Å². The smallest absolute Gasteiger partial charge is 0.313 e. The second-order valence-electron chi connectivity index (χ2n) is 5.69. The molecule has 1 unspecified atom stereocenters. The molecule has 1 atom stereocenters. The highest BCUT2D eigenvalue weighted by Gasteiger charge is 2.26. The summed E-state index contributed by atoms with van der Waals surface area (Å²) in [5.74, 6) is -0.226. The molecular formula is C16H26ClN3O2. The molecule has 1 aliphatic rings. The van der Waals surface area contributed by atoms with Crippen LogP contribution in [0.5, 0.6) is 0 Å². The van der Waals surface area contributed by atoms with E-state index in [1.165, 1.54) is 0 Å². The van der Waals surface area contributed by atoms with Crippen LogP contribution in [-0.4, -0.2) is 43.7 Å². The summed E-state index contributed by atoms with van der Waals surface area (Å²) in [4.78, 5) is 18.8. The first-order chi connectivity index (χ1) is 10.1. The van der Waals surface area contributed by atoms with Gasteiger partial charge in [-0.1, -0.05) is 13.8 Å². The number of carbonyl (C=O) groups is 1. The molecule has 6 heteroatoms. The highest BCUT2D eigenvalue weighted by Crippen LogP contribution is 2.28. The third-order valence-electron chi connectivity index (χ3n) is 3.79. The lowest BCUT2D eigenvalue weighted by Crippen LogP contribution is -2.43. The van der Waals surface area contributed by atoms with Gasteiger partial charge in [-0.15, -0.1) is 12.4 Å². The fourth-order valence-corrected chi connectivity index (χ4v) is 2.74. The topological polar surface area (TPSA) is 54.5 Å². The Kier molecular flexibility index (Phi) is 7.62. The molecule has 0 bridgehead atoms. The summed E-state index contributed by atoms with van der Waals surface area (Å²) in [7, 11) is 0. The fourth-order valence-electron chi connectivity index (χ4n) is 2.74. The molecule has 0 amide bonds. The van der Waals surface area contributed by atoms with Crippen molar-refractivity contribution in [1.29, 1.82) is 0 Å². The first-order valence-electron chi connectivity index (χ1n) is 7.70. The molecule has 0 spiro atoms. The number of hydrogen-bond donors (Lipinski definition) is 1. The SMILES string of the molecule is CCOC(=O)C(c1cncc(N2CCNCC2)c1)C(C)C.Cl. The zero-order valence-electron chi connectivity index (χ0n) is 13.5. The lowest BCUT2D eigenvalue weighted by atomic mass is 9.89. The van der Waals surface area contributed by atoms with E-state index in [0.29, 0.717) is 6.61 Å². The number of pyridine rings is 1. The molecule has 22 heavy (non-hydrogen) atoms. The molecular weight excluding hydrogens is 302 g/mol. The summed E-state index contributed by atoms with van der Waals surface area (Å²) in [6.07, 6.45) is 3.66. The molecule has 0 saturated carbocycles. The van der Waals surface area contributed by atoms with E-state index in [2.05, 4.69) is 21.3 Å². The van der Waals surface area contributed by atoms with E-state index in [-0.39, 0.29) is 30.2 Å². The second kappa shape index (κ2) is 8.96. The number of esters is 1. The average molecular weight is 328 g/mol. The normalized spacial score (nSPS) is 16.1. The molecule has 124 valence electrons. The monoisotopic (exact) mass is 327 g/mol. The van der Waals surface area contributed by atoms with E-state index in [1.807, 2.05) is 27.0 Å². The Morgan fingerprint density at radius 1 is 1.36 bits per heavy atom. The number of piperazine rings is 1. The number of nitrogens with one attached hydrogen (secondary N) is 1. The molecule has 2 rings (SSSR count). The van der Waals surface area contributed by atoms with Crippen LogP contribution in [-0.2, 0) is 9.53 Å². The lowest BCUT2D eigenvalue weighted by molar-refractivity contribution is -0.146. The zero-order chi connectivity index (χ0) is 15.2. The van der Waals surface area contributed by atoms with Crippen molar-refractivity contribution in [2.24, 2.45) is 5.92 Å². The summed E-state index contributed by atoms with van der Waals surface area (Å²) in [6, 6.07) is 2.08. The van der Waals surface area contributed by atoms with Crippen LogP contribution in [0.4, 0.5) is 5.69 Å². The Balaban J connectivity index is 0.00000242. The molecule has 0 aliphatic carbocycles. The predicted octanol–water partition coefficient (Wildman–Crippen LogP) is 2.22. The minimum atomic E-state index is -0.250. The van der Waals surface area contributed by atoms with Crippen LogP contribution in [0.2, 0.25) is 0 Å². The van der Waals surface area contributed by atoms with Gasteiger partial charge >= 0.3 is 5.97 Å². The third kappa shape index (κ3) is 4.58. The first kappa shape index (κ1) is 18.7. The number of carbonyl (C=O) groups excluding carboxylic acids is 1. The van der Waals surface area contributed by atoms with Crippen LogP contribution in [0.1, 0.15) is 32.3 Å². The van der Waals surface area contributed by atoms with Crippen LogP contribution in [0, 0.1) is 5.92 Å². The van der Waals surface area contributed by atoms with Gasteiger partial charge in [-0.25, -0.2) is 0 Å². The van der Waals surface area contributed by atoms with Crippen molar-refractivity contribution < 1.29 is 9.53 Å². The lowest BCUT2D eigenvalue weighted by Gasteiger charge is -2.30. The number of rotatable bonds is 5. The van der Waals surface area contributed by atoms with Gasteiger partial charge in [0.2, 0.25) is 0 Å². The second-order valence-corrected chi connectivity index (χ2v) is 5.69. The predicted molar refractivity (Wildman–Crippen MR) is 90.8 cm³/mol. The Bertz CT molecular complexity index is 476. The Morgan fingerprint density at radius 3 is 2.64 bits per heavy atom. The maximum Gasteiger partial charge on any atom is 0.313 e. The van der Waals surface area contributed by atoms with Gasteiger partial charge in [0.1, 0.15) is 0 Å². The maximum absolute atomic E-state index is 12.2. The van der Waals surface area contributed by atoms with E-state index < -0.39 is 0 Å². The number of anilines is 1. The largest absolute Gasteiger partial charge is 0.466 e. The Hall–Kier alpha value is -1.33. The van der Waals surface area contributed by atoms with Gasteiger partial charge in [-0.05, 0) is 24.5 Å². The van der Waals surface area contributed by atoms with Crippen molar-refractivity contribution >= 4 is 24.1 Å². The molecule has 0 radical (unpaired) electrons. The van der Waals surface area contributed by atoms with Crippen molar-refractivity contribution in [3.63, 3.8) is 0 Å². The molecule has 1 aliphatic heterocycles. The number of halogens is 1. The van der Waals surface area contributed by atoms with Gasteiger partial charge < -0.3 is 15.0 Å². The van der Waals surface area contributed by atoms with Gasteiger partial charge in [0.15, 0.2) is 0 Å². The summed E-state index contributed by atoms with van der Waals surface area (Å²) in [5.41, 5.74) is 2.03. The van der Waals surface area contributed by atoms with Crippen LogP contribution in [0.3, 0.4) is 0 Å². The molecule has 1 N–H and O–H groups in total. The van der Waals surface area contributed by atoms with Crippen LogP contribution in [0.25, 0.3) is 0 Å². The molecule has 1 fully saturated rings. The highest BCUT2D eigenvalue weighted by molar-refractivity contribution is 5.85. The molecule has 5 nitrogen and oxygen atoms in total. The fraction of sp³-hybridized carbons (Fsp3) is 0.625. The quantitative estimate of drug-likeness (QED) is 0.840. The van der Waals surface area contributed by atoms with Crippen LogP contribution in [0.15, 0.2) is 18.5 Å². The van der Waals surface area contributed by atoms with Crippen LogP contribution >= 0.6 is 12.4 Å². The Morgan fingerprint density at radius 2 is 2.05 bits per heavy atom. The number of hydrogen-bond acceptors (Lipinski definition) is 5.